The average Bonchev–Trinajstić information content (AvgIpc) is 2.12. The molecule has 0 aromatic heterocycles. The lowest BCUT2D eigenvalue weighted by molar-refractivity contribution is -0.873. The van der Waals surface area contributed by atoms with Crippen LogP contribution in [0.3, 0.4) is 0 Å². The Bertz CT molecular complexity index is 369. The number of carboxylic acids is 2. The number of aliphatic carboxylic acids is 2. The first-order valence-corrected chi connectivity index (χ1v) is 5.71. The van der Waals surface area contributed by atoms with Crippen LogP contribution in [-0.2, 0) is 19.1 Å². The van der Waals surface area contributed by atoms with Gasteiger partial charge in [0, 0.05) is 6.08 Å². The van der Waals surface area contributed by atoms with Crippen molar-refractivity contribution in [2.75, 3.05) is 27.7 Å². The van der Waals surface area contributed by atoms with E-state index < -0.39 is 24.0 Å². The molecule has 0 aromatic carbocycles. The highest BCUT2D eigenvalue weighted by Crippen LogP contribution is 2.06. The van der Waals surface area contributed by atoms with Gasteiger partial charge in [0.05, 0.1) is 34.0 Å². The molecule has 0 saturated carbocycles. The van der Waals surface area contributed by atoms with E-state index in [1.807, 2.05) is 21.1 Å². The van der Waals surface area contributed by atoms with Crippen LogP contribution in [0.1, 0.15) is 12.8 Å². The average molecular weight is 274 g/mol. The molecular formula is C12H20NO6+. The molecule has 0 aliphatic carbocycles. The number of carbonyl (C=O) groups excluding carboxylic acids is 1. The van der Waals surface area contributed by atoms with E-state index >= 15 is 0 Å². The molecule has 0 fully saturated rings. The van der Waals surface area contributed by atoms with Crippen LogP contribution in [0.25, 0.3) is 0 Å². The summed E-state index contributed by atoms with van der Waals surface area (Å²) in [5.41, 5.74) is 0. The first-order chi connectivity index (χ1) is 8.60. The largest absolute Gasteiger partial charge is 0.481 e. The van der Waals surface area contributed by atoms with E-state index in [1.54, 1.807) is 0 Å². The number of quaternary nitrogens is 1. The van der Waals surface area contributed by atoms with Crippen LogP contribution in [0.4, 0.5) is 0 Å². The van der Waals surface area contributed by atoms with Crippen molar-refractivity contribution >= 4 is 17.9 Å². The molecule has 1 unspecified atom stereocenters. The fourth-order valence-electron chi connectivity index (χ4n) is 1.44. The van der Waals surface area contributed by atoms with Crippen LogP contribution in [0.2, 0.25) is 0 Å². The van der Waals surface area contributed by atoms with E-state index in [1.165, 1.54) is 0 Å². The predicted molar refractivity (Wildman–Crippen MR) is 66.4 cm³/mol. The molecule has 0 amide bonds. The van der Waals surface area contributed by atoms with Gasteiger partial charge in [0.15, 0.2) is 6.10 Å². The summed E-state index contributed by atoms with van der Waals surface area (Å²) in [7, 11) is 5.56. The van der Waals surface area contributed by atoms with Gasteiger partial charge in [0.25, 0.3) is 0 Å². The quantitative estimate of drug-likeness (QED) is 0.370. The lowest BCUT2D eigenvalue weighted by atomic mass is 10.2. The third kappa shape index (κ3) is 11.0. The Morgan fingerprint density at radius 3 is 2.21 bits per heavy atom. The van der Waals surface area contributed by atoms with Crippen LogP contribution >= 0.6 is 0 Å². The second-order valence-electron chi connectivity index (χ2n) is 5.13. The molecule has 0 aliphatic heterocycles. The van der Waals surface area contributed by atoms with Gasteiger partial charge in [-0.25, -0.2) is 4.79 Å². The summed E-state index contributed by atoms with van der Waals surface area (Å²) in [6.07, 6.45) is 0.800. The fourth-order valence-corrected chi connectivity index (χ4v) is 1.44. The minimum Gasteiger partial charge on any atom is -0.481 e. The van der Waals surface area contributed by atoms with Crippen molar-refractivity contribution in [2.45, 2.75) is 18.9 Å². The maximum Gasteiger partial charge on any atom is 0.327 e. The van der Waals surface area contributed by atoms with Gasteiger partial charge < -0.3 is 19.4 Å². The summed E-state index contributed by atoms with van der Waals surface area (Å²) < 4.78 is 5.49. The molecule has 7 nitrogen and oxygen atoms in total. The summed E-state index contributed by atoms with van der Waals surface area (Å²) in [6, 6.07) is 0. The molecule has 0 radical (unpaired) electrons. The molecule has 0 rings (SSSR count). The van der Waals surface area contributed by atoms with E-state index in [-0.39, 0.29) is 12.8 Å². The number of likely N-dealkylation sites (N-methyl/N-ethyl adjacent to an activating group) is 1. The number of nitrogens with zero attached hydrogens (tertiary/aromatic N) is 1. The molecule has 0 spiro atoms. The highest BCUT2D eigenvalue weighted by Gasteiger charge is 2.24. The van der Waals surface area contributed by atoms with E-state index in [9.17, 15) is 14.4 Å². The van der Waals surface area contributed by atoms with Gasteiger partial charge in [-0.1, -0.05) is 6.08 Å². The number of carboxylic acid groups (broad SMARTS) is 2. The normalized spacial score (nSPS) is 13.2. The Morgan fingerprint density at radius 2 is 1.79 bits per heavy atom. The van der Waals surface area contributed by atoms with Crippen LogP contribution in [0.5, 0.6) is 0 Å². The number of ether oxygens (including phenoxy) is 1. The van der Waals surface area contributed by atoms with Gasteiger partial charge in [0.1, 0.15) is 6.54 Å². The van der Waals surface area contributed by atoms with Crippen molar-refractivity contribution < 1.29 is 33.8 Å². The van der Waals surface area contributed by atoms with Gasteiger partial charge in [-0.15, -0.1) is 0 Å². The first kappa shape index (κ1) is 17.1. The molecule has 7 heteroatoms. The van der Waals surface area contributed by atoms with Gasteiger partial charge >= 0.3 is 17.9 Å². The lowest BCUT2D eigenvalue weighted by Gasteiger charge is -2.28. The summed E-state index contributed by atoms with van der Waals surface area (Å²) in [6.45, 7) is 0.362. The monoisotopic (exact) mass is 274 g/mol. The smallest absolute Gasteiger partial charge is 0.327 e. The van der Waals surface area contributed by atoms with Crippen molar-refractivity contribution in [3.63, 3.8) is 0 Å². The van der Waals surface area contributed by atoms with E-state index in [0.29, 0.717) is 11.0 Å². The van der Waals surface area contributed by atoms with Crippen LogP contribution in [0.15, 0.2) is 12.2 Å². The molecule has 2 N–H and O–H groups in total. The number of hydrogen-bond acceptors (Lipinski definition) is 4. The van der Waals surface area contributed by atoms with E-state index in [0.717, 1.165) is 12.2 Å². The van der Waals surface area contributed by atoms with Crippen molar-refractivity contribution in [1.82, 2.24) is 0 Å². The second-order valence-corrected chi connectivity index (χ2v) is 5.13. The molecule has 0 aromatic rings. The summed E-state index contributed by atoms with van der Waals surface area (Å²) in [5, 5.41) is 17.1. The van der Waals surface area contributed by atoms with Crippen molar-refractivity contribution in [1.29, 1.82) is 0 Å². The number of rotatable bonds is 8. The van der Waals surface area contributed by atoms with E-state index in [2.05, 4.69) is 0 Å². The molecule has 0 aliphatic rings. The predicted octanol–water partition coefficient (Wildman–Crippen LogP) is 0.110. The fraction of sp³-hybridized carbons (Fsp3) is 0.583. The molecule has 0 saturated heterocycles. The standard InChI is InChI=1S/C12H19NO6/c1-13(2,3)8-9(7-11(16)17)19-12(18)6-4-5-10(14)15/h4-5,9H,6-8H2,1-3H3,(H-,14,15,16,17)/p+1/b5-4+. The zero-order valence-corrected chi connectivity index (χ0v) is 11.3. The lowest BCUT2D eigenvalue weighted by Crippen LogP contribution is -2.43. The summed E-state index contributed by atoms with van der Waals surface area (Å²) in [5.74, 6) is -2.84. The zero-order valence-electron chi connectivity index (χ0n) is 11.3. The van der Waals surface area contributed by atoms with E-state index in [4.69, 9.17) is 14.9 Å². The summed E-state index contributed by atoms with van der Waals surface area (Å²) >= 11 is 0. The topological polar surface area (TPSA) is 101 Å². The number of esters is 1. The molecule has 1 atom stereocenters. The van der Waals surface area contributed by atoms with Crippen LogP contribution in [0, 0.1) is 0 Å². The minimum atomic E-state index is -1.15. The van der Waals surface area contributed by atoms with Crippen molar-refractivity contribution in [3.05, 3.63) is 12.2 Å². The molecule has 0 heterocycles. The summed E-state index contributed by atoms with van der Waals surface area (Å²) in [4.78, 5) is 32.3. The number of hydrogen-bond donors (Lipinski definition) is 2. The van der Waals surface area contributed by atoms with Crippen molar-refractivity contribution in [3.8, 4) is 0 Å². The van der Waals surface area contributed by atoms with Gasteiger partial charge in [-0.05, 0) is 0 Å². The molecule has 19 heavy (non-hydrogen) atoms. The van der Waals surface area contributed by atoms with Crippen LogP contribution in [-0.4, -0.2) is 66.4 Å². The maximum atomic E-state index is 11.4. The first-order valence-electron chi connectivity index (χ1n) is 5.71. The maximum absolute atomic E-state index is 11.4. The Balaban J connectivity index is 4.42. The highest BCUT2D eigenvalue weighted by molar-refractivity contribution is 5.81. The molecular weight excluding hydrogens is 254 g/mol. The molecule has 108 valence electrons. The Labute approximate surface area is 111 Å². The van der Waals surface area contributed by atoms with Crippen LogP contribution < -0.4 is 0 Å². The second kappa shape index (κ2) is 7.52. The molecule has 0 bridgehead atoms. The van der Waals surface area contributed by atoms with Gasteiger partial charge in [-0.3, -0.25) is 9.59 Å². The van der Waals surface area contributed by atoms with Gasteiger partial charge in [-0.2, -0.15) is 0 Å². The Kier molecular flexibility index (Phi) is 6.78. The Hall–Kier alpha value is -1.89. The Morgan fingerprint density at radius 1 is 1.21 bits per heavy atom. The minimum absolute atomic E-state index is 0.195. The third-order valence-electron chi connectivity index (χ3n) is 2.00. The highest BCUT2D eigenvalue weighted by atomic mass is 16.5. The van der Waals surface area contributed by atoms with Crippen molar-refractivity contribution in [2.24, 2.45) is 0 Å². The van der Waals surface area contributed by atoms with Gasteiger partial charge in [0.2, 0.25) is 0 Å². The zero-order chi connectivity index (χ0) is 15.1. The SMILES string of the molecule is C[N+](C)(C)CC(CC(=O)O)OC(=O)C/C=C/C(=O)O. The number of carbonyl (C=O) groups is 3. The third-order valence-corrected chi connectivity index (χ3v) is 2.00.